The van der Waals surface area contributed by atoms with E-state index in [1.54, 1.807) is 0 Å². The molecule has 3 nitrogen and oxygen atoms in total. The Labute approximate surface area is 120 Å². The minimum Gasteiger partial charge on any atom is -0.393 e. The molecule has 1 aromatic carbocycles. The quantitative estimate of drug-likeness (QED) is 0.664. The lowest BCUT2D eigenvalue weighted by Gasteiger charge is -2.33. The molecule has 0 radical (unpaired) electrons. The van der Waals surface area contributed by atoms with E-state index < -0.39 is 0 Å². The van der Waals surface area contributed by atoms with Gasteiger partial charge < -0.3 is 5.73 Å². The van der Waals surface area contributed by atoms with E-state index in [9.17, 15) is 0 Å². The van der Waals surface area contributed by atoms with Crippen LogP contribution in [-0.4, -0.2) is 23.1 Å². The minimum atomic E-state index is 0.425. The smallest absolute Gasteiger partial charge is 0.0935 e. The van der Waals surface area contributed by atoms with E-state index in [4.69, 9.17) is 22.8 Å². The summed E-state index contributed by atoms with van der Waals surface area (Å²) in [6.07, 6.45) is 4.37. The highest BCUT2D eigenvalue weighted by Crippen LogP contribution is 2.27. The van der Waals surface area contributed by atoms with Crippen LogP contribution < -0.4 is 5.73 Å². The molecular formula is C15H22N2OS. The number of thiocarbonyl (C=S) groups is 1. The lowest BCUT2D eigenvalue weighted by atomic mass is 9.86. The lowest BCUT2D eigenvalue weighted by molar-refractivity contribution is -0.184. The molecule has 0 aliphatic heterocycles. The molecule has 2 N–H and O–H groups in total. The predicted octanol–water partition coefficient (Wildman–Crippen LogP) is 2.89. The van der Waals surface area contributed by atoms with E-state index in [2.05, 4.69) is 12.1 Å². The highest BCUT2D eigenvalue weighted by atomic mass is 32.1. The minimum absolute atomic E-state index is 0.425. The van der Waals surface area contributed by atoms with Crippen LogP contribution in [-0.2, 0) is 11.4 Å². The Morgan fingerprint density at radius 3 is 2.47 bits per heavy atom. The average molecular weight is 278 g/mol. The van der Waals surface area contributed by atoms with E-state index in [0.717, 1.165) is 25.7 Å². The molecule has 0 amide bonds. The van der Waals surface area contributed by atoms with Gasteiger partial charge in [-0.05, 0) is 31.2 Å². The van der Waals surface area contributed by atoms with Crippen molar-refractivity contribution in [2.24, 2.45) is 11.7 Å². The second-order valence-electron chi connectivity index (χ2n) is 5.21. The number of rotatable bonds is 5. The number of hydrogen-bond donors (Lipinski definition) is 1. The molecule has 1 aromatic rings. The fourth-order valence-corrected chi connectivity index (χ4v) is 2.82. The second-order valence-corrected chi connectivity index (χ2v) is 5.68. The van der Waals surface area contributed by atoms with E-state index >= 15 is 0 Å². The molecule has 0 unspecified atom stereocenters. The predicted molar refractivity (Wildman–Crippen MR) is 81.5 cm³/mol. The van der Waals surface area contributed by atoms with Crippen LogP contribution in [0.5, 0.6) is 0 Å². The van der Waals surface area contributed by atoms with Gasteiger partial charge in [0.1, 0.15) is 0 Å². The fraction of sp³-hybridized carbons (Fsp3) is 0.533. The Kier molecular flexibility index (Phi) is 5.31. The normalized spacial score (nSPS) is 23.5. The number of hydroxylamine groups is 2. The fourth-order valence-electron chi connectivity index (χ4n) is 2.58. The van der Waals surface area contributed by atoms with Crippen molar-refractivity contribution in [2.75, 3.05) is 7.05 Å². The molecule has 0 aromatic heterocycles. The molecule has 2 rings (SSSR count). The molecule has 1 saturated carbocycles. The van der Waals surface area contributed by atoms with Gasteiger partial charge in [0.2, 0.25) is 0 Å². The van der Waals surface area contributed by atoms with Crippen LogP contribution >= 0.6 is 12.2 Å². The van der Waals surface area contributed by atoms with Crippen LogP contribution in [0.25, 0.3) is 0 Å². The van der Waals surface area contributed by atoms with Crippen LogP contribution in [0, 0.1) is 5.92 Å². The first kappa shape index (κ1) is 14.4. The van der Waals surface area contributed by atoms with E-state index in [0.29, 0.717) is 23.6 Å². The molecule has 0 spiro atoms. The molecule has 4 heteroatoms. The first-order valence-electron chi connectivity index (χ1n) is 6.86. The van der Waals surface area contributed by atoms with Gasteiger partial charge in [-0.1, -0.05) is 42.5 Å². The largest absolute Gasteiger partial charge is 0.393 e. The standard InChI is InChI=1S/C15H22N2OS/c1-17(18-11-12-5-3-2-4-6-12)14-9-7-13(8-10-14)15(16)19/h2-6,13-14H,7-11H2,1H3,(H2,16,19)/t13-,14-. The summed E-state index contributed by atoms with van der Waals surface area (Å²) in [6, 6.07) is 10.7. The zero-order valence-electron chi connectivity index (χ0n) is 11.4. The molecule has 0 heterocycles. The number of nitrogens with two attached hydrogens (primary N) is 1. The van der Waals surface area contributed by atoms with Gasteiger partial charge in [-0.25, -0.2) is 0 Å². The summed E-state index contributed by atoms with van der Waals surface area (Å²) in [5, 5.41) is 2.00. The van der Waals surface area contributed by atoms with Crippen LogP contribution in [0.15, 0.2) is 30.3 Å². The molecule has 104 valence electrons. The zero-order chi connectivity index (χ0) is 13.7. The summed E-state index contributed by atoms with van der Waals surface area (Å²) in [5.74, 6) is 0.425. The maximum atomic E-state index is 5.83. The maximum absolute atomic E-state index is 5.83. The third-order valence-corrected chi connectivity index (χ3v) is 4.22. The number of hydrogen-bond acceptors (Lipinski definition) is 3. The molecule has 1 fully saturated rings. The van der Waals surface area contributed by atoms with E-state index in [1.165, 1.54) is 5.56 Å². The van der Waals surface area contributed by atoms with E-state index in [1.807, 2.05) is 30.3 Å². The topological polar surface area (TPSA) is 38.5 Å². The van der Waals surface area contributed by atoms with Crippen LogP contribution in [0.1, 0.15) is 31.2 Å². The Morgan fingerprint density at radius 1 is 1.26 bits per heavy atom. The SMILES string of the molecule is CN(OCc1ccccc1)[C@H]1CC[C@H](C(N)=S)CC1. The van der Waals surface area contributed by atoms with Crippen molar-refractivity contribution in [1.29, 1.82) is 0 Å². The zero-order valence-corrected chi connectivity index (χ0v) is 12.2. The number of benzene rings is 1. The van der Waals surface area contributed by atoms with Gasteiger partial charge in [0.05, 0.1) is 11.6 Å². The third kappa shape index (κ3) is 4.27. The van der Waals surface area contributed by atoms with Gasteiger partial charge in [0, 0.05) is 19.0 Å². The van der Waals surface area contributed by atoms with Crippen molar-refractivity contribution in [3.05, 3.63) is 35.9 Å². The maximum Gasteiger partial charge on any atom is 0.0935 e. The van der Waals surface area contributed by atoms with Crippen LogP contribution in [0.2, 0.25) is 0 Å². The highest BCUT2D eigenvalue weighted by molar-refractivity contribution is 7.80. The molecule has 0 saturated heterocycles. The van der Waals surface area contributed by atoms with Crippen molar-refractivity contribution in [1.82, 2.24) is 5.06 Å². The Hall–Kier alpha value is -0.970. The van der Waals surface area contributed by atoms with E-state index in [-0.39, 0.29) is 0 Å². The summed E-state index contributed by atoms with van der Waals surface area (Å²) >= 11 is 5.07. The molecule has 0 bridgehead atoms. The van der Waals surface area contributed by atoms with Gasteiger partial charge >= 0.3 is 0 Å². The Balaban J connectivity index is 1.75. The number of nitrogens with zero attached hydrogens (tertiary/aromatic N) is 1. The van der Waals surface area contributed by atoms with Gasteiger partial charge in [-0.3, -0.25) is 4.84 Å². The van der Waals surface area contributed by atoms with Gasteiger partial charge in [0.15, 0.2) is 0 Å². The van der Waals surface area contributed by atoms with Crippen LogP contribution in [0.3, 0.4) is 0 Å². The monoisotopic (exact) mass is 278 g/mol. The average Bonchev–Trinajstić information content (AvgIpc) is 2.46. The molecule has 19 heavy (non-hydrogen) atoms. The second kappa shape index (κ2) is 6.98. The first-order valence-corrected chi connectivity index (χ1v) is 7.26. The third-order valence-electron chi connectivity index (χ3n) is 3.89. The summed E-state index contributed by atoms with van der Waals surface area (Å²) in [7, 11) is 2.02. The molecule has 1 aliphatic carbocycles. The van der Waals surface area contributed by atoms with Gasteiger partial charge in [0.25, 0.3) is 0 Å². The van der Waals surface area contributed by atoms with Crippen molar-refractivity contribution < 1.29 is 4.84 Å². The van der Waals surface area contributed by atoms with Crippen molar-refractivity contribution in [2.45, 2.75) is 38.3 Å². The molecule has 1 aliphatic rings. The summed E-state index contributed by atoms with van der Waals surface area (Å²) in [6.45, 7) is 0.632. The molecule has 0 atom stereocenters. The van der Waals surface area contributed by atoms with Crippen molar-refractivity contribution >= 4 is 17.2 Å². The van der Waals surface area contributed by atoms with Crippen LogP contribution in [0.4, 0.5) is 0 Å². The van der Waals surface area contributed by atoms with Crippen molar-refractivity contribution in [3.8, 4) is 0 Å². The van der Waals surface area contributed by atoms with Gasteiger partial charge in [-0.2, -0.15) is 5.06 Å². The first-order chi connectivity index (χ1) is 9.16. The van der Waals surface area contributed by atoms with Gasteiger partial charge in [-0.15, -0.1) is 0 Å². The Bertz CT molecular complexity index is 402. The summed E-state index contributed by atoms with van der Waals surface area (Å²) in [4.78, 5) is 6.50. The summed E-state index contributed by atoms with van der Waals surface area (Å²) < 4.78 is 0. The Morgan fingerprint density at radius 2 is 1.89 bits per heavy atom. The lowest BCUT2D eigenvalue weighted by Crippen LogP contribution is -2.37. The summed E-state index contributed by atoms with van der Waals surface area (Å²) in [5.41, 5.74) is 6.91. The van der Waals surface area contributed by atoms with Crippen molar-refractivity contribution in [3.63, 3.8) is 0 Å². The highest BCUT2D eigenvalue weighted by Gasteiger charge is 2.25. The molecular weight excluding hydrogens is 256 g/mol.